The third-order valence-electron chi connectivity index (χ3n) is 5.91. The second-order valence-corrected chi connectivity index (χ2v) is 8.88. The van der Waals surface area contributed by atoms with Crippen LogP contribution in [0.1, 0.15) is 43.9 Å². The van der Waals surface area contributed by atoms with E-state index in [1.165, 1.54) is 11.8 Å². The van der Waals surface area contributed by atoms with Gasteiger partial charge < -0.3 is 4.90 Å². The molecule has 30 heavy (non-hydrogen) atoms. The van der Waals surface area contributed by atoms with Gasteiger partial charge in [0.05, 0.1) is 17.0 Å². The highest BCUT2D eigenvalue weighted by molar-refractivity contribution is 6.36. The molecule has 0 saturated carbocycles. The maximum Gasteiger partial charge on any atom is 0.290 e. The molecule has 1 fully saturated rings. The molecule has 3 aromatic rings. The summed E-state index contributed by atoms with van der Waals surface area (Å²) in [5, 5.41) is 1.66. The summed E-state index contributed by atoms with van der Waals surface area (Å²) in [6, 6.07) is 13.6. The van der Waals surface area contributed by atoms with Crippen molar-refractivity contribution in [1.29, 1.82) is 0 Å². The number of rotatable bonds is 4. The molecule has 0 spiro atoms. The first-order chi connectivity index (χ1) is 14.3. The number of carbonyl (C=O) groups is 2. The van der Waals surface area contributed by atoms with Crippen molar-refractivity contribution >= 4 is 34.2 Å². The Morgan fingerprint density at radius 3 is 2.67 bits per heavy atom. The fourth-order valence-electron chi connectivity index (χ4n) is 4.42. The molecule has 0 N–H and O–H groups in total. The second-order valence-electron chi connectivity index (χ2n) is 8.44. The molecule has 4 rings (SSSR count). The number of fused-ring (bicyclic) bond motifs is 1. The van der Waals surface area contributed by atoms with Crippen LogP contribution in [0.2, 0.25) is 5.02 Å². The number of nitrogens with zero attached hydrogens (tertiary/aromatic N) is 3. The van der Waals surface area contributed by atoms with E-state index in [0.717, 1.165) is 23.7 Å². The Bertz CT molecular complexity index is 1090. The number of pyridine rings is 2. The van der Waals surface area contributed by atoms with Gasteiger partial charge in [-0.05, 0) is 62.4 Å². The molecule has 5 nitrogen and oxygen atoms in total. The van der Waals surface area contributed by atoms with E-state index in [-0.39, 0.29) is 6.42 Å². The Labute approximate surface area is 181 Å². The predicted octanol–water partition coefficient (Wildman–Crippen LogP) is 4.58. The van der Waals surface area contributed by atoms with E-state index in [4.69, 9.17) is 11.6 Å². The van der Waals surface area contributed by atoms with Crippen molar-refractivity contribution in [1.82, 2.24) is 14.9 Å². The Balaban J connectivity index is 1.50. The number of hydrogen-bond acceptors (Lipinski definition) is 4. The highest BCUT2D eigenvalue weighted by atomic mass is 35.5. The summed E-state index contributed by atoms with van der Waals surface area (Å²) >= 11 is 5.84. The largest absolute Gasteiger partial charge is 0.331 e. The number of ketones is 1. The number of hydrogen-bond donors (Lipinski definition) is 0. The fraction of sp³-hybridized carbons (Fsp3) is 0.333. The Kier molecular flexibility index (Phi) is 5.56. The van der Waals surface area contributed by atoms with Gasteiger partial charge in [-0.2, -0.15) is 0 Å². The molecule has 1 atom stereocenters. The molecule has 1 aliphatic heterocycles. The zero-order chi connectivity index (χ0) is 21.3. The van der Waals surface area contributed by atoms with E-state index >= 15 is 0 Å². The molecule has 1 aliphatic rings. The van der Waals surface area contributed by atoms with Gasteiger partial charge in [-0.1, -0.05) is 29.8 Å². The SMILES string of the molecule is CC1(C)CC(c2ccnc3ccccc23)CCN1C(=O)C(=O)Cc1ccc(Cl)cn1. The average molecular weight is 422 g/mol. The maximum atomic E-state index is 13.0. The molecule has 0 aliphatic carbocycles. The van der Waals surface area contributed by atoms with E-state index in [9.17, 15) is 9.59 Å². The monoisotopic (exact) mass is 421 g/mol. The van der Waals surface area contributed by atoms with Gasteiger partial charge in [0.2, 0.25) is 5.78 Å². The van der Waals surface area contributed by atoms with Crippen molar-refractivity contribution in [3.05, 3.63) is 71.1 Å². The van der Waals surface area contributed by atoms with Crippen molar-refractivity contribution in [2.75, 3.05) is 6.54 Å². The fourth-order valence-corrected chi connectivity index (χ4v) is 4.53. The molecule has 154 valence electrons. The van der Waals surface area contributed by atoms with E-state index in [2.05, 4.69) is 22.1 Å². The number of amides is 1. The van der Waals surface area contributed by atoms with Crippen LogP contribution in [0, 0.1) is 0 Å². The number of benzene rings is 1. The molecule has 6 heteroatoms. The van der Waals surface area contributed by atoms with Crippen molar-refractivity contribution in [2.45, 2.75) is 44.6 Å². The molecule has 2 aromatic heterocycles. The van der Waals surface area contributed by atoms with Gasteiger partial charge in [-0.25, -0.2) is 0 Å². The van der Waals surface area contributed by atoms with Gasteiger partial charge in [-0.3, -0.25) is 19.6 Å². The van der Waals surface area contributed by atoms with Gasteiger partial charge in [0.1, 0.15) is 0 Å². The van der Waals surface area contributed by atoms with E-state index in [1.54, 1.807) is 17.0 Å². The van der Waals surface area contributed by atoms with Gasteiger partial charge in [-0.15, -0.1) is 0 Å². The first-order valence-corrected chi connectivity index (χ1v) is 10.5. The highest BCUT2D eigenvalue weighted by Crippen LogP contribution is 2.39. The van der Waals surface area contributed by atoms with Crippen LogP contribution in [0.3, 0.4) is 0 Å². The smallest absolute Gasteiger partial charge is 0.290 e. The standard InChI is InChI=1S/C24H24ClN3O2/c1-24(2)14-16(19-9-11-26-21-6-4-3-5-20(19)21)10-12-28(24)23(30)22(29)13-18-8-7-17(25)15-27-18/h3-9,11,15-16H,10,12-14H2,1-2H3. The molecule has 0 radical (unpaired) electrons. The lowest BCUT2D eigenvalue weighted by atomic mass is 9.78. The van der Waals surface area contributed by atoms with Crippen molar-refractivity contribution in [3.8, 4) is 0 Å². The highest BCUT2D eigenvalue weighted by Gasteiger charge is 2.40. The average Bonchev–Trinajstić information content (AvgIpc) is 2.73. The molecule has 1 aromatic carbocycles. The zero-order valence-corrected chi connectivity index (χ0v) is 17.9. The normalized spacial score (nSPS) is 18.4. The molecular formula is C24H24ClN3O2. The number of aromatic nitrogens is 2. The lowest BCUT2D eigenvalue weighted by Crippen LogP contribution is -2.54. The lowest BCUT2D eigenvalue weighted by Gasteiger charge is -2.45. The number of piperidine rings is 1. The third-order valence-corrected chi connectivity index (χ3v) is 6.14. The van der Waals surface area contributed by atoms with Gasteiger partial charge >= 0.3 is 0 Å². The van der Waals surface area contributed by atoms with Crippen LogP contribution in [0.4, 0.5) is 0 Å². The minimum absolute atomic E-state index is 0.0129. The Hall–Kier alpha value is -2.79. The molecule has 3 heterocycles. The topological polar surface area (TPSA) is 63.2 Å². The third kappa shape index (κ3) is 4.08. The van der Waals surface area contributed by atoms with Gasteiger partial charge in [0.15, 0.2) is 0 Å². The molecule has 0 bridgehead atoms. The van der Waals surface area contributed by atoms with Crippen LogP contribution in [-0.4, -0.2) is 38.6 Å². The summed E-state index contributed by atoms with van der Waals surface area (Å²) in [5.74, 6) is -0.564. The summed E-state index contributed by atoms with van der Waals surface area (Å²) < 4.78 is 0. The summed E-state index contributed by atoms with van der Waals surface area (Å²) in [4.78, 5) is 35.9. The Morgan fingerprint density at radius 2 is 1.93 bits per heavy atom. The summed E-state index contributed by atoms with van der Waals surface area (Å²) in [7, 11) is 0. The quantitative estimate of drug-likeness (QED) is 0.578. The maximum absolute atomic E-state index is 13.0. The first kappa shape index (κ1) is 20.5. The second kappa shape index (κ2) is 8.15. The number of carbonyl (C=O) groups excluding carboxylic acids is 2. The molecule has 1 saturated heterocycles. The van der Waals surface area contributed by atoms with Crippen LogP contribution in [0.15, 0.2) is 54.9 Å². The predicted molar refractivity (Wildman–Crippen MR) is 117 cm³/mol. The number of Topliss-reactive ketones (excluding diaryl/α,β-unsaturated/α-hetero) is 1. The first-order valence-electron chi connectivity index (χ1n) is 10.1. The molecular weight excluding hydrogens is 398 g/mol. The van der Waals surface area contributed by atoms with Crippen molar-refractivity contribution < 1.29 is 9.59 Å². The molecule has 1 amide bonds. The van der Waals surface area contributed by atoms with E-state index < -0.39 is 17.2 Å². The van der Waals surface area contributed by atoms with Crippen LogP contribution >= 0.6 is 11.6 Å². The van der Waals surface area contributed by atoms with Crippen molar-refractivity contribution in [3.63, 3.8) is 0 Å². The van der Waals surface area contributed by atoms with Crippen LogP contribution in [0.5, 0.6) is 0 Å². The number of halogens is 1. The van der Waals surface area contributed by atoms with Crippen molar-refractivity contribution in [2.24, 2.45) is 0 Å². The summed E-state index contributed by atoms with van der Waals surface area (Å²) in [6.45, 7) is 4.62. The van der Waals surface area contributed by atoms with Crippen LogP contribution in [-0.2, 0) is 16.0 Å². The van der Waals surface area contributed by atoms with Crippen LogP contribution in [0.25, 0.3) is 10.9 Å². The minimum atomic E-state index is -0.439. The number of likely N-dealkylation sites (tertiary alicyclic amines) is 1. The zero-order valence-electron chi connectivity index (χ0n) is 17.1. The van der Waals surface area contributed by atoms with Crippen LogP contribution < -0.4 is 0 Å². The van der Waals surface area contributed by atoms with E-state index in [0.29, 0.717) is 23.2 Å². The van der Waals surface area contributed by atoms with E-state index in [1.807, 2.05) is 38.2 Å². The van der Waals surface area contributed by atoms with Gasteiger partial charge in [0, 0.05) is 35.6 Å². The number of para-hydroxylation sites is 1. The Morgan fingerprint density at radius 1 is 1.13 bits per heavy atom. The molecule has 1 unspecified atom stereocenters. The summed E-state index contributed by atoms with van der Waals surface area (Å²) in [5.41, 5.74) is 2.37. The summed E-state index contributed by atoms with van der Waals surface area (Å²) in [6.07, 6.45) is 4.93. The van der Waals surface area contributed by atoms with Gasteiger partial charge in [0.25, 0.3) is 5.91 Å². The lowest BCUT2D eigenvalue weighted by molar-refractivity contribution is -0.149. The minimum Gasteiger partial charge on any atom is -0.331 e.